The number of nitrogens with zero attached hydrogens (tertiary/aromatic N) is 2. The number of urea groups is 1. The van der Waals surface area contributed by atoms with Crippen molar-refractivity contribution in [3.05, 3.63) is 16.1 Å². The number of aromatic nitrogens is 1. The van der Waals surface area contributed by atoms with Gasteiger partial charge in [-0.25, -0.2) is 9.78 Å². The first-order valence-electron chi connectivity index (χ1n) is 8.26. The van der Waals surface area contributed by atoms with Crippen LogP contribution in [0.4, 0.5) is 4.79 Å². The first-order chi connectivity index (χ1) is 10.9. The first kappa shape index (κ1) is 18.2. The molecule has 1 aliphatic rings. The lowest BCUT2D eigenvalue weighted by atomic mass is 10.2. The van der Waals surface area contributed by atoms with Gasteiger partial charge in [0.1, 0.15) is 0 Å². The van der Waals surface area contributed by atoms with Gasteiger partial charge in [0.15, 0.2) is 0 Å². The number of thiazole rings is 1. The molecule has 1 aromatic heterocycles. The summed E-state index contributed by atoms with van der Waals surface area (Å²) < 4.78 is 5.74. The molecule has 1 saturated heterocycles. The van der Waals surface area contributed by atoms with Crippen molar-refractivity contribution in [2.45, 2.75) is 52.4 Å². The van der Waals surface area contributed by atoms with E-state index in [-0.39, 0.29) is 18.2 Å². The number of hydrogen-bond donors (Lipinski definition) is 2. The van der Waals surface area contributed by atoms with Crippen molar-refractivity contribution >= 4 is 17.4 Å². The second-order valence-corrected chi connectivity index (χ2v) is 7.37. The quantitative estimate of drug-likeness (QED) is 0.829. The highest BCUT2D eigenvalue weighted by atomic mass is 32.1. The maximum Gasteiger partial charge on any atom is 0.314 e. The second kappa shape index (κ2) is 8.61. The molecule has 0 radical (unpaired) electrons. The van der Waals surface area contributed by atoms with E-state index in [0.29, 0.717) is 19.1 Å². The molecule has 0 aromatic carbocycles. The molecule has 0 unspecified atom stereocenters. The van der Waals surface area contributed by atoms with Gasteiger partial charge in [-0.1, -0.05) is 0 Å². The molecule has 6 nitrogen and oxygen atoms in total. The highest BCUT2D eigenvalue weighted by Crippen LogP contribution is 2.13. The molecule has 2 rings (SSSR count). The summed E-state index contributed by atoms with van der Waals surface area (Å²) >= 11 is 1.64. The highest BCUT2D eigenvalue weighted by Gasteiger charge is 2.25. The Labute approximate surface area is 142 Å². The van der Waals surface area contributed by atoms with Crippen molar-refractivity contribution in [2.24, 2.45) is 0 Å². The van der Waals surface area contributed by atoms with Crippen LogP contribution in [0, 0.1) is 6.92 Å². The molecule has 1 fully saturated rings. The fraction of sp³-hybridized carbons (Fsp3) is 0.750. The Morgan fingerprint density at radius 3 is 2.74 bits per heavy atom. The number of ether oxygens (including phenoxy) is 1. The summed E-state index contributed by atoms with van der Waals surface area (Å²) in [6, 6.07) is 0.189. The fourth-order valence-corrected chi connectivity index (χ4v) is 3.48. The topological polar surface area (TPSA) is 66.5 Å². The smallest absolute Gasteiger partial charge is 0.314 e. The Morgan fingerprint density at radius 2 is 2.13 bits per heavy atom. The molecule has 3 atom stereocenters. The number of carbonyl (C=O) groups is 1. The van der Waals surface area contributed by atoms with E-state index in [1.165, 1.54) is 0 Å². The average molecular weight is 340 g/mol. The minimum absolute atomic E-state index is 0.113. The predicted molar refractivity (Wildman–Crippen MR) is 93.0 cm³/mol. The highest BCUT2D eigenvalue weighted by molar-refractivity contribution is 7.09. The first-order valence-corrected chi connectivity index (χ1v) is 9.14. The molecule has 0 aliphatic carbocycles. The maximum absolute atomic E-state index is 11.9. The Hall–Kier alpha value is -1.18. The lowest BCUT2D eigenvalue weighted by molar-refractivity contribution is -0.0778. The summed E-state index contributed by atoms with van der Waals surface area (Å²) in [6.07, 6.45) is 1.26. The van der Waals surface area contributed by atoms with Crippen LogP contribution in [0.1, 0.15) is 31.5 Å². The van der Waals surface area contributed by atoms with Crippen LogP contribution < -0.4 is 10.6 Å². The van der Waals surface area contributed by atoms with Crippen LogP contribution in [0.3, 0.4) is 0 Å². The zero-order chi connectivity index (χ0) is 16.8. The third-order valence-electron chi connectivity index (χ3n) is 3.96. The van der Waals surface area contributed by atoms with Crippen LogP contribution >= 0.6 is 11.3 Å². The van der Waals surface area contributed by atoms with E-state index >= 15 is 0 Å². The van der Waals surface area contributed by atoms with Crippen molar-refractivity contribution < 1.29 is 9.53 Å². The zero-order valence-corrected chi connectivity index (χ0v) is 15.3. The fourth-order valence-electron chi connectivity index (χ4n) is 2.84. The van der Waals surface area contributed by atoms with E-state index in [1.54, 1.807) is 11.3 Å². The molecule has 2 amide bonds. The van der Waals surface area contributed by atoms with Crippen LogP contribution in [0.25, 0.3) is 0 Å². The predicted octanol–water partition coefficient (Wildman–Crippen LogP) is 1.79. The van der Waals surface area contributed by atoms with Gasteiger partial charge in [-0.05, 0) is 27.7 Å². The summed E-state index contributed by atoms with van der Waals surface area (Å²) in [5.41, 5.74) is 1.04. The van der Waals surface area contributed by atoms with Gasteiger partial charge in [0, 0.05) is 44.0 Å². The van der Waals surface area contributed by atoms with E-state index in [2.05, 4.69) is 41.3 Å². The summed E-state index contributed by atoms with van der Waals surface area (Å²) in [4.78, 5) is 18.6. The standard InChI is InChI=1S/C16H28N4O2S/c1-11(20-8-12(2)22-13(3)9-20)7-18-16(21)17-6-5-15-10-23-14(4)19-15/h10-13H,5-9H2,1-4H3,(H2,17,18,21)/t11-,12-,13+/m0/s1. The third kappa shape index (κ3) is 6.08. The lowest BCUT2D eigenvalue weighted by Gasteiger charge is -2.38. The van der Waals surface area contributed by atoms with Gasteiger partial charge >= 0.3 is 6.03 Å². The maximum atomic E-state index is 11.9. The summed E-state index contributed by atoms with van der Waals surface area (Å²) in [5, 5.41) is 8.94. The van der Waals surface area contributed by atoms with Gasteiger partial charge in [0.2, 0.25) is 0 Å². The Bertz CT molecular complexity index is 498. The van der Waals surface area contributed by atoms with Crippen molar-refractivity contribution in [3.8, 4) is 0 Å². The summed E-state index contributed by atoms with van der Waals surface area (Å²) in [6.45, 7) is 11.4. The van der Waals surface area contributed by atoms with Crippen LogP contribution in [0.2, 0.25) is 0 Å². The molecule has 0 bridgehead atoms. The monoisotopic (exact) mass is 340 g/mol. The molecule has 130 valence electrons. The minimum atomic E-state index is -0.113. The minimum Gasteiger partial charge on any atom is -0.373 e. The van der Waals surface area contributed by atoms with Crippen LogP contribution in [-0.2, 0) is 11.2 Å². The van der Waals surface area contributed by atoms with E-state index in [4.69, 9.17) is 4.74 Å². The number of morpholine rings is 1. The van der Waals surface area contributed by atoms with E-state index in [1.807, 2.05) is 12.3 Å². The number of amides is 2. The molecule has 7 heteroatoms. The molecule has 2 heterocycles. The largest absolute Gasteiger partial charge is 0.373 e. The van der Waals surface area contributed by atoms with Gasteiger partial charge in [-0.2, -0.15) is 0 Å². The normalized spacial score (nSPS) is 23.5. The lowest BCUT2D eigenvalue weighted by Crippen LogP contribution is -2.53. The second-order valence-electron chi connectivity index (χ2n) is 6.30. The Kier molecular flexibility index (Phi) is 6.80. The number of rotatable bonds is 6. The van der Waals surface area contributed by atoms with Gasteiger partial charge in [-0.3, -0.25) is 4.90 Å². The van der Waals surface area contributed by atoms with Crippen molar-refractivity contribution in [1.82, 2.24) is 20.5 Å². The molecule has 0 saturated carbocycles. The summed E-state index contributed by atoms with van der Waals surface area (Å²) in [7, 11) is 0. The van der Waals surface area contributed by atoms with Gasteiger partial charge < -0.3 is 15.4 Å². The molecule has 0 spiro atoms. The van der Waals surface area contributed by atoms with Crippen LogP contribution in [0.15, 0.2) is 5.38 Å². The third-order valence-corrected chi connectivity index (χ3v) is 4.78. The molecule has 2 N–H and O–H groups in total. The SMILES string of the molecule is Cc1nc(CCNC(=O)NC[C@H](C)N2C[C@@H](C)O[C@@H](C)C2)cs1. The molecule has 1 aromatic rings. The van der Waals surface area contributed by atoms with Crippen molar-refractivity contribution in [1.29, 1.82) is 0 Å². The Morgan fingerprint density at radius 1 is 1.43 bits per heavy atom. The Balaban J connectivity index is 1.63. The van der Waals surface area contributed by atoms with E-state index in [9.17, 15) is 4.79 Å². The number of aryl methyl sites for hydroxylation is 1. The summed E-state index contributed by atoms with van der Waals surface area (Å²) in [5.74, 6) is 0. The number of carbonyl (C=O) groups excluding carboxylic acids is 1. The van der Waals surface area contributed by atoms with Crippen molar-refractivity contribution in [3.63, 3.8) is 0 Å². The number of hydrogen-bond acceptors (Lipinski definition) is 5. The van der Waals surface area contributed by atoms with E-state index < -0.39 is 0 Å². The molecule has 1 aliphatic heterocycles. The van der Waals surface area contributed by atoms with Gasteiger partial charge in [0.25, 0.3) is 0 Å². The molecular formula is C16H28N4O2S. The van der Waals surface area contributed by atoms with Gasteiger partial charge in [0.05, 0.1) is 22.9 Å². The van der Waals surface area contributed by atoms with Crippen LogP contribution in [-0.4, -0.2) is 60.3 Å². The number of nitrogens with one attached hydrogen (secondary N) is 2. The molecule has 23 heavy (non-hydrogen) atoms. The van der Waals surface area contributed by atoms with Gasteiger partial charge in [-0.15, -0.1) is 11.3 Å². The average Bonchev–Trinajstić information content (AvgIpc) is 2.89. The van der Waals surface area contributed by atoms with Crippen molar-refractivity contribution in [2.75, 3.05) is 26.2 Å². The van der Waals surface area contributed by atoms with Crippen LogP contribution in [0.5, 0.6) is 0 Å². The van der Waals surface area contributed by atoms with E-state index in [0.717, 1.165) is 30.2 Å². The zero-order valence-electron chi connectivity index (χ0n) is 14.5. The molecular weight excluding hydrogens is 312 g/mol.